The largest absolute Gasteiger partial charge is 0.338 e. The van der Waals surface area contributed by atoms with Crippen molar-refractivity contribution in [1.29, 1.82) is 0 Å². The second-order valence-corrected chi connectivity index (χ2v) is 6.30. The summed E-state index contributed by atoms with van der Waals surface area (Å²) in [6.07, 6.45) is 8.35. The first-order valence-corrected chi connectivity index (χ1v) is 8.43. The van der Waals surface area contributed by atoms with E-state index in [4.69, 9.17) is 0 Å². The first-order chi connectivity index (χ1) is 10.7. The van der Waals surface area contributed by atoms with Crippen LogP contribution in [0.5, 0.6) is 0 Å². The zero-order valence-corrected chi connectivity index (χ0v) is 13.8. The van der Waals surface area contributed by atoms with Gasteiger partial charge < -0.3 is 10.2 Å². The van der Waals surface area contributed by atoms with Crippen LogP contribution in [0.25, 0.3) is 0 Å². The van der Waals surface area contributed by atoms with Gasteiger partial charge in [-0.25, -0.2) is 4.79 Å². The maximum Gasteiger partial charge on any atom is 0.317 e. The predicted molar refractivity (Wildman–Crippen MR) is 91.7 cm³/mol. The molecule has 0 aliphatic heterocycles. The molecule has 0 saturated carbocycles. The first-order valence-electron chi connectivity index (χ1n) is 8.43. The molecule has 1 aromatic rings. The lowest BCUT2D eigenvalue weighted by molar-refractivity contribution is 0.180. The number of amides is 2. The van der Waals surface area contributed by atoms with E-state index in [1.807, 2.05) is 23.1 Å². The Kier molecular flexibility index (Phi) is 6.50. The lowest BCUT2D eigenvalue weighted by Crippen LogP contribution is -2.43. The van der Waals surface area contributed by atoms with Gasteiger partial charge in [0.25, 0.3) is 0 Å². The molecule has 3 heteroatoms. The molecule has 0 aromatic heterocycles. The Morgan fingerprint density at radius 3 is 2.64 bits per heavy atom. The Balaban J connectivity index is 1.83. The van der Waals surface area contributed by atoms with Gasteiger partial charge in [0, 0.05) is 19.1 Å². The number of rotatable bonds is 6. The average Bonchev–Trinajstić information content (AvgIpc) is 2.54. The van der Waals surface area contributed by atoms with E-state index in [-0.39, 0.29) is 12.1 Å². The Morgan fingerprint density at radius 1 is 1.23 bits per heavy atom. The van der Waals surface area contributed by atoms with Crippen LogP contribution in [0, 0.1) is 0 Å². The molecule has 3 nitrogen and oxygen atoms in total. The normalized spacial score (nSPS) is 14.6. The van der Waals surface area contributed by atoms with E-state index in [1.165, 1.54) is 36.8 Å². The number of benzene rings is 1. The van der Waals surface area contributed by atoms with Crippen LogP contribution in [0.1, 0.15) is 51.5 Å². The third-order valence-corrected chi connectivity index (χ3v) is 4.19. The van der Waals surface area contributed by atoms with Gasteiger partial charge in [-0.2, -0.15) is 0 Å². The van der Waals surface area contributed by atoms with E-state index in [2.05, 4.69) is 37.4 Å². The van der Waals surface area contributed by atoms with Gasteiger partial charge in [0.05, 0.1) is 0 Å². The Morgan fingerprint density at radius 2 is 2.00 bits per heavy atom. The molecule has 0 fully saturated rings. The molecule has 2 amide bonds. The fourth-order valence-electron chi connectivity index (χ4n) is 2.83. The summed E-state index contributed by atoms with van der Waals surface area (Å²) in [6, 6.07) is 10.4. The SMILES string of the molecule is CC(C)N(Cc1ccccc1)C(=O)NCCC1=CCCCC1. The predicted octanol–water partition coefficient (Wildman–Crippen LogP) is 4.50. The van der Waals surface area contributed by atoms with E-state index < -0.39 is 0 Å². The number of urea groups is 1. The summed E-state index contributed by atoms with van der Waals surface area (Å²) in [7, 11) is 0. The summed E-state index contributed by atoms with van der Waals surface area (Å²) in [5.41, 5.74) is 2.67. The summed E-state index contributed by atoms with van der Waals surface area (Å²) >= 11 is 0. The van der Waals surface area contributed by atoms with E-state index in [9.17, 15) is 4.79 Å². The lowest BCUT2D eigenvalue weighted by atomic mass is 9.97. The molecule has 1 aliphatic rings. The van der Waals surface area contributed by atoms with Crippen LogP contribution >= 0.6 is 0 Å². The third kappa shape index (κ3) is 5.21. The van der Waals surface area contributed by atoms with Gasteiger partial charge >= 0.3 is 6.03 Å². The van der Waals surface area contributed by atoms with Crippen LogP contribution < -0.4 is 5.32 Å². The highest BCUT2D eigenvalue weighted by molar-refractivity contribution is 5.74. The number of nitrogens with one attached hydrogen (secondary N) is 1. The minimum atomic E-state index is 0.0373. The molecule has 2 rings (SSSR count). The van der Waals surface area contributed by atoms with Gasteiger partial charge in [0.2, 0.25) is 0 Å². The van der Waals surface area contributed by atoms with Gasteiger partial charge in [-0.05, 0) is 51.5 Å². The molecular formula is C19H28N2O. The van der Waals surface area contributed by atoms with Crippen LogP contribution in [-0.4, -0.2) is 23.5 Å². The van der Waals surface area contributed by atoms with Crippen molar-refractivity contribution in [2.45, 2.75) is 58.5 Å². The van der Waals surface area contributed by atoms with Crippen molar-refractivity contribution < 1.29 is 4.79 Å². The molecule has 120 valence electrons. The molecule has 0 heterocycles. The smallest absolute Gasteiger partial charge is 0.317 e. The molecule has 1 N–H and O–H groups in total. The molecular weight excluding hydrogens is 272 g/mol. The second kappa shape index (κ2) is 8.62. The maximum atomic E-state index is 12.4. The molecule has 1 aliphatic carbocycles. The van der Waals surface area contributed by atoms with Crippen molar-refractivity contribution in [2.24, 2.45) is 0 Å². The maximum absolute atomic E-state index is 12.4. The zero-order chi connectivity index (χ0) is 15.8. The molecule has 0 atom stereocenters. The highest BCUT2D eigenvalue weighted by Crippen LogP contribution is 2.19. The third-order valence-electron chi connectivity index (χ3n) is 4.19. The van der Waals surface area contributed by atoms with Crippen LogP contribution in [0.2, 0.25) is 0 Å². The number of allylic oxidation sites excluding steroid dienone is 1. The van der Waals surface area contributed by atoms with Gasteiger partial charge in [-0.15, -0.1) is 0 Å². The zero-order valence-electron chi connectivity index (χ0n) is 13.8. The molecule has 0 bridgehead atoms. The fraction of sp³-hybridized carbons (Fsp3) is 0.526. The van der Waals surface area contributed by atoms with E-state index in [0.29, 0.717) is 6.54 Å². The van der Waals surface area contributed by atoms with Gasteiger partial charge in [0.1, 0.15) is 0 Å². The number of nitrogens with zero attached hydrogens (tertiary/aromatic N) is 1. The highest BCUT2D eigenvalue weighted by atomic mass is 16.2. The quantitative estimate of drug-likeness (QED) is 0.771. The van der Waals surface area contributed by atoms with Crippen molar-refractivity contribution in [3.63, 3.8) is 0 Å². The van der Waals surface area contributed by atoms with E-state index in [1.54, 1.807) is 0 Å². The van der Waals surface area contributed by atoms with Crippen molar-refractivity contribution in [2.75, 3.05) is 6.54 Å². The minimum Gasteiger partial charge on any atom is -0.338 e. The molecule has 22 heavy (non-hydrogen) atoms. The van der Waals surface area contributed by atoms with Crippen LogP contribution in [0.4, 0.5) is 4.79 Å². The molecule has 0 radical (unpaired) electrons. The van der Waals surface area contributed by atoms with Gasteiger partial charge in [-0.3, -0.25) is 0 Å². The van der Waals surface area contributed by atoms with Gasteiger partial charge in [0.15, 0.2) is 0 Å². The second-order valence-electron chi connectivity index (χ2n) is 6.30. The topological polar surface area (TPSA) is 32.3 Å². The molecule has 1 aromatic carbocycles. The van der Waals surface area contributed by atoms with Gasteiger partial charge in [-0.1, -0.05) is 42.0 Å². The highest BCUT2D eigenvalue weighted by Gasteiger charge is 2.16. The van der Waals surface area contributed by atoms with Crippen LogP contribution in [0.3, 0.4) is 0 Å². The Hall–Kier alpha value is -1.77. The van der Waals surface area contributed by atoms with E-state index >= 15 is 0 Å². The summed E-state index contributed by atoms with van der Waals surface area (Å²) in [4.78, 5) is 14.3. The van der Waals surface area contributed by atoms with E-state index in [0.717, 1.165) is 13.0 Å². The summed E-state index contributed by atoms with van der Waals surface area (Å²) in [5, 5.41) is 3.08. The Bertz CT molecular complexity index is 493. The molecule has 0 saturated heterocycles. The van der Waals surface area contributed by atoms with Crippen molar-refractivity contribution >= 4 is 6.03 Å². The number of hydrogen-bond acceptors (Lipinski definition) is 1. The first kappa shape index (κ1) is 16.6. The number of carbonyl (C=O) groups excluding carboxylic acids is 1. The molecule has 0 spiro atoms. The lowest BCUT2D eigenvalue weighted by Gasteiger charge is -2.27. The Labute approximate surface area is 134 Å². The summed E-state index contributed by atoms with van der Waals surface area (Å²) in [5.74, 6) is 0. The minimum absolute atomic E-state index is 0.0373. The van der Waals surface area contributed by atoms with Crippen molar-refractivity contribution in [3.8, 4) is 0 Å². The van der Waals surface area contributed by atoms with Crippen molar-refractivity contribution in [1.82, 2.24) is 10.2 Å². The summed E-state index contributed by atoms with van der Waals surface area (Å²) in [6.45, 7) is 5.52. The number of hydrogen-bond donors (Lipinski definition) is 1. The average molecular weight is 300 g/mol. The van der Waals surface area contributed by atoms with Crippen LogP contribution in [-0.2, 0) is 6.54 Å². The summed E-state index contributed by atoms with van der Waals surface area (Å²) < 4.78 is 0. The van der Waals surface area contributed by atoms with Crippen molar-refractivity contribution in [3.05, 3.63) is 47.5 Å². The monoisotopic (exact) mass is 300 g/mol. The number of carbonyl (C=O) groups is 1. The standard InChI is InChI=1S/C19H28N2O/c1-16(2)21(15-18-11-7-4-8-12-18)19(22)20-14-13-17-9-5-3-6-10-17/h4,7-9,11-12,16H,3,5-6,10,13-15H2,1-2H3,(H,20,22). The molecule has 0 unspecified atom stereocenters. The fourth-order valence-corrected chi connectivity index (χ4v) is 2.83. The van der Waals surface area contributed by atoms with Crippen LogP contribution in [0.15, 0.2) is 42.0 Å².